The lowest BCUT2D eigenvalue weighted by Gasteiger charge is -2.42. The average Bonchev–Trinajstić information content (AvgIpc) is 2.75. The van der Waals surface area contributed by atoms with Crippen molar-refractivity contribution in [3.05, 3.63) is 65.2 Å². The first-order valence-electron chi connectivity index (χ1n) is 10.4. The van der Waals surface area contributed by atoms with Crippen LogP contribution in [0.5, 0.6) is 5.75 Å². The molecule has 0 aliphatic carbocycles. The lowest BCUT2D eigenvalue weighted by Crippen LogP contribution is -2.61. The molecule has 1 fully saturated rings. The zero-order valence-electron chi connectivity index (χ0n) is 17.4. The van der Waals surface area contributed by atoms with Crippen LogP contribution < -0.4 is 10.4 Å². The molecule has 4 rings (SSSR count). The summed E-state index contributed by atoms with van der Waals surface area (Å²) in [6, 6.07) is 13.6. The van der Waals surface area contributed by atoms with Crippen LogP contribution >= 0.6 is 11.8 Å². The van der Waals surface area contributed by atoms with Gasteiger partial charge in [-0.2, -0.15) is 11.8 Å². The number of nitrogens with two attached hydrogens (primary N) is 1. The Hall–Kier alpha value is -2.53. The van der Waals surface area contributed by atoms with E-state index in [1.807, 2.05) is 30.3 Å². The molecule has 1 amide bonds. The number of para-hydroxylation sites is 1. The zero-order chi connectivity index (χ0) is 22.7. The number of carbonyl (C=O) groups is 2. The molecule has 2 aliphatic rings. The number of carbonyl (C=O) groups excluding carboxylic acids is 1. The summed E-state index contributed by atoms with van der Waals surface area (Å²) in [6.45, 7) is 0.808. The predicted molar refractivity (Wildman–Crippen MR) is 122 cm³/mol. The van der Waals surface area contributed by atoms with Crippen molar-refractivity contribution in [2.45, 2.75) is 30.3 Å². The van der Waals surface area contributed by atoms with Gasteiger partial charge in [0.2, 0.25) is 5.91 Å². The minimum atomic E-state index is -1.27. The second-order valence-electron chi connectivity index (χ2n) is 7.96. The number of amides is 1. The Morgan fingerprint density at radius 2 is 1.97 bits per heavy atom. The van der Waals surface area contributed by atoms with Gasteiger partial charge in [-0.1, -0.05) is 42.5 Å². The van der Waals surface area contributed by atoms with Crippen LogP contribution in [0.15, 0.2) is 48.5 Å². The molecule has 1 unspecified atom stereocenters. The Labute approximate surface area is 190 Å². The SMILES string of the molecule is N[C@H](CSCc1ccccc1)C(=O)N1CC(OC2Cc3cccc(C(=O)O)c3OB2O)C1. The number of aromatic carboxylic acids is 1. The molecular formula is C22H25BN2O6S. The summed E-state index contributed by atoms with van der Waals surface area (Å²) in [5.74, 6) is 0.296. The first-order valence-corrected chi connectivity index (χ1v) is 11.6. The van der Waals surface area contributed by atoms with E-state index in [-0.39, 0.29) is 23.3 Å². The van der Waals surface area contributed by atoms with Gasteiger partial charge in [-0.15, -0.1) is 0 Å². The van der Waals surface area contributed by atoms with Crippen molar-refractivity contribution < 1.29 is 29.1 Å². The van der Waals surface area contributed by atoms with Crippen LogP contribution in [0.2, 0.25) is 0 Å². The summed E-state index contributed by atoms with van der Waals surface area (Å²) < 4.78 is 11.4. The van der Waals surface area contributed by atoms with Crippen molar-refractivity contribution in [1.29, 1.82) is 0 Å². The van der Waals surface area contributed by atoms with Crippen LogP contribution in [0.4, 0.5) is 0 Å². The number of hydrogen-bond acceptors (Lipinski definition) is 7. The number of ether oxygens (including phenoxy) is 1. The van der Waals surface area contributed by atoms with Crippen molar-refractivity contribution in [2.75, 3.05) is 18.8 Å². The van der Waals surface area contributed by atoms with E-state index in [0.29, 0.717) is 30.8 Å². The lowest BCUT2D eigenvalue weighted by molar-refractivity contribution is -0.148. The fourth-order valence-corrected chi connectivity index (χ4v) is 4.76. The van der Waals surface area contributed by atoms with Crippen LogP contribution in [-0.2, 0) is 21.7 Å². The van der Waals surface area contributed by atoms with Gasteiger partial charge in [0, 0.05) is 31.0 Å². The molecule has 10 heteroatoms. The summed E-state index contributed by atoms with van der Waals surface area (Å²) in [5.41, 5.74) is 7.95. The summed E-state index contributed by atoms with van der Waals surface area (Å²) in [5, 5.41) is 19.6. The predicted octanol–water partition coefficient (Wildman–Crippen LogP) is 1.20. The Balaban J connectivity index is 1.23. The highest BCUT2D eigenvalue weighted by atomic mass is 32.2. The topological polar surface area (TPSA) is 122 Å². The largest absolute Gasteiger partial charge is 0.554 e. The smallest absolute Gasteiger partial charge is 0.534 e. The lowest BCUT2D eigenvalue weighted by atomic mass is 9.74. The van der Waals surface area contributed by atoms with E-state index in [1.165, 1.54) is 11.6 Å². The van der Waals surface area contributed by atoms with Gasteiger partial charge >= 0.3 is 13.1 Å². The molecule has 2 atom stereocenters. The van der Waals surface area contributed by atoms with Gasteiger partial charge in [-0.3, -0.25) is 4.79 Å². The molecule has 2 aromatic carbocycles. The highest BCUT2D eigenvalue weighted by Crippen LogP contribution is 2.32. The number of likely N-dealkylation sites (tertiary alicyclic amines) is 1. The van der Waals surface area contributed by atoms with Crippen molar-refractivity contribution in [2.24, 2.45) is 5.73 Å². The van der Waals surface area contributed by atoms with E-state index in [4.69, 9.17) is 15.1 Å². The van der Waals surface area contributed by atoms with Crippen LogP contribution in [0.3, 0.4) is 0 Å². The molecule has 0 aromatic heterocycles. The van der Waals surface area contributed by atoms with Crippen LogP contribution in [0, 0.1) is 0 Å². The molecule has 2 aliphatic heterocycles. The van der Waals surface area contributed by atoms with E-state index in [1.54, 1.807) is 28.8 Å². The summed E-state index contributed by atoms with van der Waals surface area (Å²) in [4.78, 5) is 25.5. The van der Waals surface area contributed by atoms with E-state index >= 15 is 0 Å². The summed E-state index contributed by atoms with van der Waals surface area (Å²) >= 11 is 1.63. The second-order valence-corrected chi connectivity index (χ2v) is 8.99. The Kier molecular flexibility index (Phi) is 7.05. The highest BCUT2D eigenvalue weighted by Gasteiger charge is 2.42. The highest BCUT2D eigenvalue weighted by molar-refractivity contribution is 7.98. The number of rotatable bonds is 8. The summed E-state index contributed by atoms with van der Waals surface area (Å²) in [6.07, 6.45) is 0.105. The van der Waals surface area contributed by atoms with E-state index in [0.717, 1.165) is 5.75 Å². The third-order valence-corrected chi connectivity index (χ3v) is 6.69. The van der Waals surface area contributed by atoms with Crippen molar-refractivity contribution in [1.82, 2.24) is 4.90 Å². The van der Waals surface area contributed by atoms with Crippen molar-refractivity contribution in [3.63, 3.8) is 0 Å². The van der Waals surface area contributed by atoms with Gasteiger partial charge in [0.15, 0.2) is 0 Å². The second kappa shape index (κ2) is 9.95. The van der Waals surface area contributed by atoms with Crippen molar-refractivity contribution >= 4 is 30.8 Å². The summed E-state index contributed by atoms with van der Waals surface area (Å²) in [7, 11) is -1.27. The van der Waals surface area contributed by atoms with Gasteiger partial charge in [0.25, 0.3) is 0 Å². The van der Waals surface area contributed by atoms with Crippen LogP contribution in [-0.4, -0.2) is 71.0 Å². The zero-order valence-corrected chi connectivity index (χ0v) is 18.2. The minimum absolute atomic E-state index is 0.0135. The molecule has 0 bridgehead atoms. The molecule has 8 nitrogen and oxygen atoms in total. The number of carboxylic acid groups (broad SMARTS) is 1. The van der Waals surface area contributed by atoms with Gasteiger partial charge in [0.1, 0.15) is 11.8 Å². The Bertz CT molecular complexity index is 972. The first-order chi connectivity index (χ1) is 15.4. The quantitative estimate of drug-likeness (QED) is 0.507. The number of fused-ring (bicyclic) bond motifs is 1. The maximum atomic E-state index is 12.5. The molecule has 4 N–H and O–H groups in total. The molecule has 168 valence electrons. The third-order valence-electron chi connectivity index (χ3n) is 5.56. The van der Waals surface area contributed by atoms with E-state index < -0.39 is 25.1 Å². The first kappa shape index (κ1) is 22.7. The number of thioether (sulfide) groups is 1. The maximum Gasteiger partial charge on any atom is 0.554 e. The Morgan fingerprint density at radius 1 is 1.22 bits per heavy atom. The molecule has 0 saturated carbocycles. The molecule has 2 heterocycles. The molecular weight excluding hydrogens is 431 g/mol. The Morgan fingerprint density at radius 3 is 2.69 bits per heavy atom. The molecule has 0 radical (unpaired) electrons. The fourth-order valence-electron chi connectivity index (χ4n) is 3.82. The number of hydrogen-bond donors (Lipinski definition) is 3. The van der Waals surface area contributed by atoms with Crippen molar-refractivity contribution in [3.8, 4) is 5.75 Å². The third kappa shape index (κ3) is 5.10. The van der Waals surface area contributed by atoms with Crippen LogP contribution in [0.1, 0.15) is 21.5 Å². The molecule has 1 saturated heterocycles. The van der Waals surface area contributed by atoms with Gasteiger partial charge in [-0.05, 0) is 17.2 Å². The van der Waals surface area contributed by atoms with Gasteiger partial charge < -0.3 is 30.2 Å². The van der Waals surface area contributed by atoms with E-state index in [9.17, 15) is 19.7 Å². The number of carboxylic acids is 1. The monoisotopic (exact) mass is 456 g/mol. The molecule has 2 aromatic rings. The standard InChI is InChI=1S/C22H25BN2O6S/c24-18(13-32-12-14-5-2-1-3-6-14)21(26)25-10-16(11-25)30-19-9-15-7-4-8-17(22(27)28)20(15)31-23(19)29/h1-8,16,18-19,29H,9-13,24H2,(H,27,28)/t18-,19?/m1/s1. The minimum Gasteiger partial charge on any atom is -0.534 e. The molecule has 32 heavy (non-hydrogen) atoms. The van der Waals surface area contributed by atoms with Gasteiger partial charge in [0.05, 0.1) is 17.7 Å². The molecule has 0 spiro atoms. The maximum absolute atomic E-state index is 12.5. The van der Waals surface area contributed by atoms with Gasteiger partial charge in [-0.25, -0.2) is 4.79 Å². The van der Waals surface area contributed by atoms with Crippen LogP contribution in [0.25, 0.3) is 0 Å². The fraction of sp³-hybridized carbons (Fsp3) is 0.364. The normalized spacial score (nSPS) is 19.0. The number of benzene rings is 2. The number of nitrogens with zero attached hydrogens (tertiary/aromatic N) is 1. The van der Waals surface area contributed by atoms with E-state index in [2.05, 4.69) is 0 Å². The average molecular weight is 456 g/mol.